The van der Waals surface area contributed by atoms with E-state index in [0.717, 1.165) is 33.4 Å². The zero-order valence-electron chi connectivity index (χ0n) is 22.3. The van der Waals surface area contributed by atoms with Crippen LogP contribution in [0.3, 0.4) is 0 Å². The number of hydrogen-bond acceptors (Lipinski definition) is 3. The van der Waals surface area contributed by atoms with Crippen LogP contribution in [0.25, 0.3) is 0 Å². The Morgan fingerprint density at radius 2 is 1.53 bits per heavy atom. The van der Waals surface area contributed by atoms with Crippen molar-refractivity contribution < 1.29 is 14.3 Å². The summed E-state index contributed by atoms with van der Waals surface area (Å²) in [5, 5.41) is 3.02. The average Bonchev–Trinajstić information content (AvgIpc) is 2.83. The summed E-state index contributed by atoms with van der Waals surface area (Å²) in [5.74, 6) is 0.299. The molecule has 0 unspecified atom stereocenters. The van der Waals surface area contributed by atoms with E-state index in [1.165, 1.54) is 0 Å². The van der Waals surface area contributed by atoms with Crippen molar-refractivity contribution in [3.8, 4) is 5.75 Å². The van der Waals surface area contributed by atoms with Crippen LogP contribution in [0.1, 0.15) is 47.2 Å². The number of hydrogen-bond donors (Lipinski definition) is 1. The van der Waals surface area contributed by atoms with Gasteiger partial charge in [0.1, 0.15) is 11.8 Å². The molecular weight excluding hydrogens is 448 g/mol. The van der Waals surface area contributed by atoms with Crippen LogP contribution in [0.4, 0.5) is 0 Å². The van der Waals surface area contributed by atoms with Crippen molar-refractivity contribution in [3.05, 3.63) is 100 Å². The number of nitrogens with zero attached hydrogens (tertiary/aromatic N) is 1. The van der Waals surface area contributed by atoms with Gasteiger partial charge in [-0.1, -0.05) is 66.2 Å². The monoisotopic (exact) mass is 486 g/mol. The van der Waals surface area contributed by atoms with Gasteiger partial charge in [0, 0.05) is 19.0 Å². The molecule has 3 aromatic carbocycles. The Kier molecular flexibility index (Phi) is 9.29. The maximum atomic E-state index is 13.7. The van der Waals surface area contributed by atoms with Gasteiger partial charge in [-0.05, 0) is 75.4 Å². The molecule has 5 nitrogen and oxygen atoms in total. The Morgan fingerprint density at radius 3 is 2.17 bits per heavy atom. The maximum absolute atomic E-state index is 13.7. The summed E-state index contributed by atoms with van der Waals surface area (Å²) in [6.07, 6.45) is 0.416. The number of rotatable bonds is 10. The molecule has 0 bridgehead atoms. The third kappa shape index (κ3) is 7.45. The molecule has 0 aliphatic rings. The number of benzene rings is 3. The van der Waals surface area contributed by atoms with Crippen LogP contribution >= 0.6 is 0 Å². The van der Waals surface area contributed by atoms with Gasteiger partial charge in [0.2, 0.25) is 5.91 Å². The largest absolute Gasteiger partial charge is 0.483 e. The highest BCUT2D eigenvalue weighted by molar-refractivity contribution is 5.88. The standard InChI is InChI=1S/C31H38N2O3/c1-21(2)32-31(35)28(18-26-10-8-7-9-11-26)33(19-27-14-12-22(3)13-15-27)30(34)20-36-29-17-23(4)16-24(5)25(29)6/h7-17,21,28H,18-20H2,1-6H3,(H,32,35)/t28-/m0/s1. The lowest BCUT2D eigenvalue weighted by molar-refractivity contribution is -0.143. The second kappa shape index (κ2) is 12.4. The van der Waals surface area contributed by atoms with Gasteiger partial charge >= 0.3 is 0 Å². The van der Waals surface area contributed by atoms with E-state index in [9.17, 15) is 9.59 Å². The van der Waals surface area contributed by atoms with E-state index < -0.39 is 6.04 Å². The van der Waals surface area contributed by atoms with Gasteiger partial charge in [-0.2, -0.15) is 0 Å². The summed E-state index contributed by atoms with van der Waals surface area (Å²) in [4.78, 5) is 28.8. The zero-order chi connectivity index (χ0) is 26.2. The summed E-state index contributed by atoms with van der Waals surface area (Å²) in [5.41, 5.74) is 6.31. The van der Waals surface area contributed by atoms with Crippen molar-refractivity contribution in [1.82, 2.24) is 10.2 Å². The first-order valence-electron chi connectivity index (χ1n) is 12.5. The van der Waals surface area contributed by atoms with Crippen LogP contribution in [0, 0.1) is 27.7 Å². The van der Waals surface area contributed by atoms with E-state index in [1.807, 2.05) is 102 Å². The van der Waals surface area contributed by atoms with Crippen LogP contribution in [-0.2, 0) is 22.6 Å². The molecular formula is C31H38N2O3. The molecule has 1 N–H and O–H groups in total. The minimum atomic E-state index is -0.674. The average molecular weight is 487 g/mol. The van der Waals surface area contributed by atoms with Crippen molar-refractivity contribution in [3.63, 3.8) is 0 Å². The fourth-order valence-electron chi connectivity index (χ4n) is 4.20. The highest BCUT2D eigenvalue weighted by Gasteiger charge is 2.31. The van der Waals surface area contributed by atoms with Gasteiger partial charge in [-0.3, -0.25) is 9.59 Å². The van der Waals surface area contributed by atoms with E-state index in [2.05, 4.69) is 11.4 Å². The number of amides is 2. The van der Waals surface area contributed by atoms with Gasteiger partial charge < -0.3 is 15.0 Å². The molecule has 190 valence electrons. The van der Waals surface area contributed by atoms with E-state index >= 15 is 0 Å². The number of carbonyl (C=O) groups excluding carboxylic acids is 2. The van der Waals surface area contributed by atoms with Crippen LogP contribution in [0.5, 0.6) is 5.75 Å². The van der Waals surface area contributed by atoms with Crippen molar-refractivity contribution >= 4 is 11.8 Å². The van der Waals surface area contributed by atoms with Crippen LogP contribution in [0.2, 0.25) is 0 Å². The molecule has 0 saturated carbocycles. The molecule has 0 aromatic heterocycles. The summed E-state index contributed by atoms with van der Waals surface area (Å²) in [7, 11) is 0. The number of ether oxygens (including phenoxy) is 1. The third-order valence-electron chi connectivity index (χ3n) is 6.29. The first-order chi connectivity index (χ1) is 17.1. The lowest BCUT2D eigenvalue weighted by Gasteiger charge is -2.32. The summed E-state index contributed by atoms with van der Waals surface area (Å²) in [6.45, 7) is 12.1. The molecule has 0 radical (unpaired) electrons. The molecule has 0 fully saturated rings. The molecule has 5 heteroatoms. The molecule has 0 aliphatic heterocycles. The molecule has 3 rings (SSSR count). The van der Waals surface area contributed by atoms with Gasteiger partial charge in [-0.15, -0.1) is 0 Å². The number of carbonyl (C=O) groups is 2. The Bertz CT molecular complexity index is 1170. The lowest BCUT2D eigenvalue weighted by Crippen LogP contribution is -2.52. The summed E-state index contributed by atoms with van der Waals surface area (Å²) < 4.78 is 6.04. The normalized spacial score (nSPS) is 11.8. The van der Waals surface area contributed by atoms with Crippen molar-refractivity contribution in [1.29, 1.82) is 0 Å². The Balaban J connectivity index is 1.93. The topological polar surface area (TPSA) is 58.6 Å². The van der Waals surface area contributed by atoms with E-state index in [-0.39, 0.29) is 24.5 Å². The van der Waals surface area contributed by atoms with Crippen LogP contribution < -0.4 is 10.1 Å². The fourth-order valence-corrected chi connectivity index (χ4v) is 4.20. The van der Waals surface area contributed by atoms with Gasteiger partial charge in [0.15, 0.2) is 6.61 Å². The third-order valence-corrected chi connectivity index (χ3v) is 6.29. The highest BCUT2D eigenvalue weighted by Crippen LogP contribution is 2.24. The van der Waals surface area contributed by atoms with Crippen LogP contribution in [-0.4, -0.2) is 35.4 Å². The van der Waals surface area contributed by atoms with Crippen LogP contribution in [0.15, 0.2) is 66.7 Å². The second-order valence-corrected chi connectivity index (χ2v) is 9.87. The predicted octanol–water partition coefficient (Wildman–Crippen LogP) is 5.46. The van der Waals surface area contributed by atoms with E-state index in [4.69, 9.17) is 4.74 Å². The smallest absolute Gasteiger partial charge is 0.261 e. The molecule has 36 heavy (non-hydrogen) atoms. The van der Waals surface area contributed by atoms with Crippen molar-refractivity contribution in [2.75, 3.05) is 6.61 Å². The van der Waals surface area contributed by atoms with Gasteiger partial charge in [-0.25, -0.2) is 0 Å². The minimum Gasteiger partial charge on any atom is -0.483 e. The molecule has 0 saturated heterocycles. The second-order valence-electron chi connectivity index (χ2n) is 9.87. The highest BCUT2D eigenvalue weighted by atomic mass is 16.5. The lowest BCUT2D eigenvalue weighted by atomic mass is 10.0. The SMILES string of the molecule is Cc1ccc(CN(C(=O)COc2cc(C)cc(C)c2C)[C@@H](Cc2ccccc2)C(=O)NC(C)C)cc1. The minimum absolute atomic E-state index is 0.0405. The van der Waals surface area contributed by atoms with Gasteiger partial charge in [0.25, 0.3) is 5.91 Å². The molecule has 0 heterocycles. The molecule has 0 aliphatic carbocycles. The Morgan fingerprint density at radius 1 is 0.861 bits per heavy atom. The Hall–Kier alpha value is -3.60. The zero-order valence-corrected chi connectivity index (χ0v) is 22.3. The number of aryl methyl sites for hydroxylation is 3. The van der Waals surface area contributed by atoms with E-state index in [0.29, 0.717) is 18.7 Å². The first-order valence-corrected chi connectivity index (χ1v) is 12.5. The summed E-state index contributed by atoms with van der Waals surface area (Å²) >= 11 is 0. The predicted molar refractivity (Wildman–Crippen MR) is 145 cm³/mol. The molecule has 1 atom stereocenters. The molecule has 2 amide bonds. The van der Waals surface area contributed by atoms with Crippen molar-refractivity contribution in [2.45, 2.75) is 66.6 Å². The van der Waals surface area contributed by atoms with Gasteiger partial charge in [0.05, 0.1) is 0 Å². The first kappa shape index (κ1) is 27.0. The van der Waals surface area contributed by atoms with Crippen molar-refractivity contribution in [2.24, 2.45) is 0 Å². The fraction of sp³-hybridized carbons (Fsp3) is 0.355. The molecule has 3 aromatic rings. The maximum Gasteiger partial charge on any atom is 0.261 e. The molecule has 0 spiro atoms. The number of nitrogens with one attached hydrogen (secondary N) is 1. The van der Waals surface area contributed by atoms with E-state index in [1.54, 1.807) is 4.90 Å². The summed E-state index contributed by atoms with van der Waals surface area (Å²) in [6, 6.07) is 21.2. The quantitative estimate of drug-likeness (QED) is 0.414. The Labute approximate surface area is 215 Å².